The van der Waals surface area contributed by atoms with Crippen LogP contribution in [0.15, 0.2) is 132 Å². The molecule has 9 nitrogen and oxygen atoms in total. The molecule has 11 heteroatoms. The van der Waals surface area contributed by atoms with Crippen LogP contribution in [-0.2, 0) is 25.7 Å². The molecule has 2 aliphatic heterocycles. The van der Waals surface area contributed by atoms with E-state index in [0.29, 0.717) is 27.1 Å². The zero-order chi connectivity index (χ0) is 31.0. The number of pyridine rings is 1. The van der Waals surface area contributed by atoms with Crippen molar-refractivity contribution in [3.05, 3.63) is 143 Å². The van der Waals surface area contributed by atoms with Crippen molar-refractivity contribution in [3.63, 3.8) is 0 Å². The third-order valence-electron chi connectivity index (χ3n) is 8.10. The van der Waals surface area contributed by atoms with Crippen molar-refractivity contribution in [2.75, 3.05) is 13.1 Å². The Bertz CT molecular complexity index is 1830. The van der Waals surface area contributed by atoms with E-state index in [9.17, 15) is 18.0 Å². The topological polar surface area (TPSA) is 98.2 Å². The normalized spacial score (nSPS) is 17.9. The molecule has 4 aromatic rings. The molecule has 0 N–H and O–H groups in total. The molecule has 3 heterocycles. The molecular weight excluding hydrogens is 597 g/mol. The van der Waals surface area contributed by atoms with E-state index in [1.165, 1.54) is 15.5 Å². The zero-order valence-electron chi connectivity index (χ0n) is 24.3. The fraction of sp³-hybridized carbons (Fsp3) is 0.152. The van der Waals surface area contributed by atoms with Crippen LogP contribution in [0.25, 0.3) is 5.57 Å². The van der Waals surface area contributed by atoms with E-state index in [1.54, 1.807) is 25.4 Å². The predicted molar refractivity (Wildman–Crippen MR) is 173 cm³/mol. The van der Waals surface area contributed by atoms with Crippen LogP contribution < -0.4 is 21.5 Å². The van der Waals surface area contributed by atoms with Crippen LogP contribution in [0.2, 0.25) is 0 Å². The number of benzene rings is 3. The van der Waals surface area contributed by atoms with Crippen molar-refractivity contribution < 1.29 is 21.5 Å². The van der Waals surface area contributed by atoms with Gasteiger partial charge in [0, 0.05) is 0 Å². The molecule has 1 unspecified atom stereocenters. The van der Waals surface area contributed by atoms with Crippen LogP contribution >= 0.6 is 6.83 Å². The second kappa shape index (κ2) is 11.3. The van der Waals surface area contributed by atoms with Crippen LogP contribution in [0.4, 0.5) is 4.79 Å². The summed E-state index contributed by atoms with van der Waals surface area (Å²) in [7, 11) is -3.30. The number of hydrogen-bond acceptors (Lipinski definition) is 6. The summed E-state index contributed by atoms with van der Waals surface area (Å²) in [6, 6.07) is 29.5. The van der Waals surface area contributed by atoms with Gasteiger partial charge in [0.05, 0.1) is 0 Å². The molecule has 1 atom stereocenters. The molecule has 1 saturated heterocycles. The molecule has 1 aromatic heterocycles. The predicted octanol–water partition coefficient (Wildman–Crippen LogP) is 4.06. The Morgan fingerprint density at radius 3 is 1.86 bits per heavy atom. The van der Waals surface area contributed by atoms with Crippen molar-refractivity contribution in [2.45, 2.75) is 13.0 Å². The molecular formula is C33H32N3O6PS. The first kappa shape index (κ1) is 29.7. The first-order chi connectivity index (χ1) is 21.2. The number of aromatic nitrogens is 1. The van der Waals surface area contributed by atoms with Crippen LogP contribution in [0, 0.1) is 0 Å². The van der Waals surface area contributed by atoms with Gasteiger partial charge in [-0.15, -0.1) is 0 Å². The first-order valence-electron chi connectivity index (χ1n) is 14.1. The molecule has 226 valence electrons. The van der Waals surface area contributed by atoms with Crippen molar-refractivity contribution in [3.8, 4) is 0 Å². The fourth-order valence-corrected chi connectivity index (χ4v) is 13.6. The average Bonchev–Trinajstić information content (AvgIpc) is 3.27. The Labute approximate surface area is 256 Å². The van der Waals surface area contributed by atoms with E-state index in [4.69, 9.17) is 8.25 Å². The Hall–Kier alpha value is -4.34. The number of allylic oxidation sites excluding steroid dienone is 1. The number of nitrogens with zero attached hydrogens (tertiary/aromatic N) is 3. The summed E-state index contributed by atoms with van der Waals surface area (Å²) >= 11 is 0. The summed E-state index contributed by atoms with van der Waals surface area (Å²) in [5.41, 5.74) is 1.18. The average molecular weight is 630 g/mol. The van der Waals surface area contributed by atoms with Crippen molar-refractivity contribution in [1.82, 2.24) is 14.5 Å². The number of urea groups is 1. The first-order valence-corrected chi connectivity index (χ1v) is 17.7. The standard InChI is InChI=1S/C33H32N3O6PS/c1-3-23-43(27-13-7-4-8-14-27,28-15-9-5-10-16-28,29-17-11-6-12-18-29)42-44(39,40)41-36-31-25-35(33(36)38)22-21-30(31)26-19-20-32(37)34(2)24-26/h3-21,23-24,31H,22,25H2,1-2H3. The van der Waals surface area contributed by atoms with E-state index in [1.807, 2.05) is 110 Å². The molecule has 44 heavy (non-hydrogen) atoms. The van der Waals surface area contributed by atoms with E-state index in [2.05, 4.69) is 0 Å². The van der Waals surface area contributed by atoms with E-state index in [0.717, 1.165) is 5.06 Å². The monoisotopic (exact) mass is 629 g/mol. The molecule has 0 saturated carbocycles. The molecule has 3 aromatic carbocycles. The van der Waals surface area contributed by atoms with Crippen LogP contribution in [0.5, 0.6) is 0 Å². The van der Waals surface area contributed by atoms with Gasteiger partial charge in [-0.05, 0) is 0 Å². The zero-order valence-corrected chi connectivity index (χ0v) is 26.0. The molecule has 0 radical (unpaired) electrons. The van der Waals surface area contributed by atoms with Crippen molar-refractivity contribution in [1.29, 1.82) is 0 Å². The molecule has 6 rings (SSSR count). The molecule has 2 bridgehead atoms. The van der Waals surface area contributed by atoms with E-state index in [-0.39, 0.29) is 18.6 Å². The summed E-state index contributed by atoms with van der Waals surface area (Å²) in [5.74, 6) is 1.83. The Kier molecular flexibility index (Phi) is 7.63. The van der Waals surface area contributed by atoms with Gasteiger partial charge in [-0.2, -0.15) is 0 Å². The van der Waals surface area contributed by atoms with Gasteiger partial charge in [0.1, 0.15) is 0 Å². The number of carbonyl (C=O) groups excluding carboxylic acids is 1. The second-order valence-corrected chi connectivity index (χ2v) is 16.3. The summed E-state index contributed by atoms with van der Waals surface area (Å²) in [6.07, 6.45) is 5.30. The van der Waals surface area contributed by atoms with Crippen LogP contribution in [0.3, 0.4) is 0 Å². The third-order valence-corrected chi connectivity index (χ3v) is 15.3. The minimum absolute atomic E-state index is 0.184. The van der Waals surface area contributed by atoms with Crippen LogP contribution in [0.1, 0.15) is 12.5 Å². The number of hydrogen-bond donors (Lipinski definition) is 0. The molecule has 0 spiro atoms. The molecule has 1 fully saturated rings. The van der Waals surface area contributed by atoms with E-state index >= 15 is 0 Å². The van der Waals surface area contributed by atoms with Gasteiger partial charge in [0.25, 0.3) is 0 Å². The van der Waals surface area contributed by atoms with Crippen molar-refractivity contribution in [2.24, 2.45) is 7.05 Å². The maximum atomic E-state index is 14.4. The molecule has 2 amide bonds. The Balaban J connectivity index is 1.50. The number of hydroxylamine groups is 2. The number of amides is 2. The van der Waals surface area contributed by atoms with Crippen LogP contribution in [-0.4, -0.2) is 48.1 Å². The summed E-state index contributed by atoms with van der Waals surface area (Å²) in [6.45, 7) is -2.16. The van der Waals surface area contributed by atoms with Gasteiger partial charge in [-0.3, -0.25) is 0 Å². The Morgan fingerprint density at radius 2 is 1.36 bits per heavy atom. The van der Waals surface area contributed by atoms with Gasteiger partial charge in [0.2, 0.25) is 0 Å². The SMILES string of the molecule is CC=CP(OS(=O)(=O)ON1C(=O)N2CC=C(c3ccc(=O)n(C)c3)C1C2)(c1ccccc1)(c1ccccc1)c1ccccc1. The second-order valence-electron chi connectivity index (χ2n) is 10.7. The third kappa shape index (κ3) is 4.80. The van der Waals surface area contributed by atoms with Gasteiger partial charge in [-0.25, -0.2) is 0 Å². The minimum atomic E-state index is -4.94. The number of carbonyl (C=O) groups is 1. The Morgan fingerprint density at radius 1 is 0.818 bits per heavy atom. The van der Waals surface area contributed by atoms with Gasteiger partial charge in [-0.1, -0.05) is 0 Å². The number of rotatable bonds is 9. The number of fused-ring (bicyclic) bond motifs is 2. The fourth-order valence-electron chi connectivity index (χ4n) is 6.13. The van der Waals surface area contributed by atoms with E-state index < -0.39 is 29.3 Å². The summed E-state index contributed by atoms with van der Waals surface area (Å²) in [5, 5.41) is 2.80. The molecule has 0 aliphatic carbocycles. The van der Waals surface area contributed by atoms with Gasteiger partial charge >= 0.3 is 257 Å². The molecule has 2 aliphatic rings. The maximum absolute atomic E-state index is 14.4. The van der Waals surface area contributed by atoms with Gasteiger partial charge in [0.15, 0.2) is 0 Å². The quantitative estimate of drug-likeness (QED) is 0.259. The van der Waals surface area contributed by atoms with Gasteiger partial charge < -0.3 is 0 Å². The van der Waals surface area contributed by atoms with Crippen molar-refractivity contribution >= 4 is 44.7 Å². The summed E-state index contributed by atoms with van der Waals surface area (Å²) < 4.78 is 42.4. The summed E-state index contributed by atoms with van der Waals surface area (Å²) in [4.78, 5) is 27.0. The number of aryl methyl sites for hydroxylation is 1.